The third kappa shape index (κ3) is 2.79. The standard InChI is InChI=1S/C15H10O6/c16-14-6-2-9-1-3-10(7-13(9)21-14)19-8-11-4-5-12(20-11)15(17)18/h1-7H,8H2,(H,17,18). The fraction of sp³-hybridized carbons (Fsp3) is 0.0667. The number of hydrogen-bond acceptors (Lipinski definition) is 5. The normalized spacial score (nSPS) is 10.7. The fourth-order valence-electron chi connectivity index (χ4n) is 1.86. The van der Waals surface area contributed by atoms with Gasteiger partial charge < -0.3 is 18.7 Å². The van der Waals surface area contributed by atoms with Crippen molar-refractivity contribution in [2.45, 2.75) is 6.61 Å². The first-order valence-corrected chi connectivity index (χ1v) is 6.10. The molecule has 1 aromatic carbocycles. The molecule has 2 heterocycles. The van der Waals surface area contributed by atoms with E-state index in [0.29, 0.717) is 17.1 Å². The van der Waals surface area contributed by atoms with Crippen LogP contribution in [-0.4, -0.2) is 11.1 Å². The Balaban J connectivity index is 1.78. The Morgan fingerprint density at radius 1 is 1.10 bits per heavy atom. The maximum Gasteiger partial charge on any atom is 0.371 e. The number of carboxylic acids is 1. The second-order valence-corrected chi connectivity index (χ2v) is 4.31. The Morgan fingerprint density at radius 2 is 1.90 bits per heavy atom. The molecule has 0 aliphatic carbocycles. The lowest BCUT2D eigenvalue weighted by atomic mass is 10.2. The van der Waals surface area contributed by atoms with Crippen LogP contribution in [0.1, 0.15) is 16.3 Å². The third-order valence-electron chi connectivity index (χ3n) is 2.85. The molecule has 6 nitrogen and oxygen atoms in total. The molecule has 0 aliphatic rings. The smallest absolute Gasteiger partial charge is 0.371 e. The van der Waals surface area contributed by atoms with Crippen molar-refractivity contribution in [3.63, 3.8) is 0 Å². The van der Waals surface area contributed by atoms with E-state index in [1.807, 2.05) is 0 Å². The van der Waals surface area contributed by atoms with E-state index in [9.17, 15) is 9.59 Å². The van der Waals surface area contributed by atoms with E-state index in [2.05, 4.69) is 0 Å². The Bertz CT molecular complexity index is 858. The van der Waals surface area contributed by atoms with Crippen LogP contribution in [0.4, 0.5) is 0 Å². The molecule has 0 fully saturated rings. The molecule has 0 atom stereocenters. The number of furan rings is 1. The van der Waals surface area contributed by atoms with Gasteiger partial charge in [0.2, 0.25) is 5.76 Å². The highest BCUT2D eigenvalue weighted by atomic mass is 16.5. The molecule has 0 unspecified atom stereocenters. The molecule has 0 saturated heterocycles. The Labute approximate surface area is 118 Å². The van der Waals surface area contributed by atoms with Gasteiger partial charge in [-0.05, 0) is 30.3 Å². The zero-order chi connectivity index (χ0) is 14.8. The maximum atomic E-state index is 11.2. The van der Waals surface area contributed by atoms with Crippen LogP contribution in [-0.2, 0) is 6.61 Å². The first-order valence-electron chi connectivity index (χ1n) is 6.10. The number of fused-ring (bicyclic) bond motifs is 1. The molecule has 106 valence electrons. The zero-order valence-corrected chi connectivity index (χ0v) is 10.7. The lowest BCUT2D eigenvalue weighted by Crippen LogP contribution is -1.97. The number of benzene rings is 1. The summed E-state index contributed by atoms with van der Waals surface area (Å²) in [5, 5.41) is 9.54. The maximum absolute atomic E-state index is 11.2. The number of carbonyl (C=O) groups is 1. The highest BCUT2D eigenvalue weighted by molar-refractivity contribution is 5.84. The molecule has 21 heavy (non-hydrogen) atoms. The molecule has 0 bridgehead atoms. The molecular formula is C15H10O6. The van der Waals surface area contributed by atoms with Crippen LogP contribution >= 0.6 is 0 Å². The molecule has 2 aromatic heterocycles. The average Bonchev–Trinajstić information content (AvgIpc) is 2.93. The van der Waals surface area contributed by atoms with Crippen molar-refractivity contribution in [1.29, 1.82) is 0 Å². The van der Waals surface area contributed by atoms with E-state index in [4.69, 9.17) is 18.7 Å². The van der Waals surface area contributed by atoms with E-state index in [0.717, 1.165) is 5.39 Å². The summed E-state index contributed by atoms with van der Waals surface area (Å²) in [6, 6.07) is 11.0. The summed E-state index contributed by atoms with van der Waals surface area (Å²) in [6.45, 7) is 0.0792. The Hall–Kier alpha value is -3.02. The van der Waals surface area contributed by atoms with Gasteiger partial charge in [-0.25, -0.2) is 9.59 Å². The van der Waals surface area contributed by atoms with Crippen molar-refractivity contribution < 1.29 is 23.5 Å². The monoisotopic (exact) mass is 286 g/mol. The summed E-state index contributed by atoms with van der Waals surface area (Å²) in [4.78, 5) is 21.9. The summed E-state index contributed by atoms with van der Waals surface area (Å²) < 4.78 is 15.6. The molecule has 0 amide bonds. The van der Waals surface area contributed by atoms with Crippen LogP contribution in [0.2, 0.25) is 0 Å². The van der Waals surface area contributed by atoms with E-state index < -0.39 is 11.6 Å². The van der Waals surface area contributed by atoms with E-state index in [1.165, 1.54) is 18.2 Å². The number of carboxylic acid groups (broad SMARTS) is 1. The second-order valence-electron chi connectivity index (χ2n) is 4.31. The molecule has 0 aliphatic heterocycles. The molecular weight excluding hydrogens is 276 g/mol. The predicted molar refractivity (Wildman–Crippen MR) is 72.5 cm³/mol. The predicted octanol–water partition coefficient (Wildman–Crippen LogP) is 2.66. The topological polar surface area (TPSA) is 89.9 Å². The molecule has 0 saturated carbocycles. The van der Waals surface area contributed by atoms with Crippen LogP contribution < -0.4 is 10.4 Å². The largest absolute Gasteiger partial charge is 0.486 e. The van der Waals surface area contributed by atoms with Crippen molar-refractivity contribution in [2.24, 2.45) is 0 Å². The van der Waals surface area contributed by atoms with Crippen molar-refractivity contribution >= 4 is 16.9 Å². The third-order valence-corrected chi connectivity index (χ3v) is 2.85. The van der Waals surface area contributed by atoms with Gasteiger partial charge in [-0.3, -0.25) is 0 Å². The van der Waals surface area contributed by atoms with E-state index >= 15 is 0 Å². The Morgan fingerprint density at radius 3 is 2.67 bits per heavy atom. The highest BCUT2D eigenvalue weighted by Crippen LogP contribution is 2.20. The van der Waals surface area contributed by atoms with Crippen LogP contribution in [0, 0.1) is 0 Å². The average molecular weight is 286 g/mol. The SMILES string of the molecule is O=C(O)c1ccc(COc2ccc3ccc(=O)oc3c2)o1. The lowest BCUT2D eigenvalue weighted by Gasteiger charge is -2.04. The number of hydrogen-bond donors (Lipinski definition) is 1. The number of ether oxygens (including phenoxy) is 1. The molecule has 6 heteroatoms. The quantitative estimate of drug-likeness (QED) is 0.741. The summed E-state index contributed by atoms with van der Waals surface area (Å²) in [6.07, 6.45) is 0. The van der Waals surface area contributed by atoms with Gasteiger partial charge in [0.15, 0.2) is 0 Å². The van der Waals surface area contributed by atoms with Crippen molar-refractivity contribution in [3.8, 4) is 5.75 Å². The van der Waals surface area contributed by atoms with Gasteiger partial charge in [0.25, 0.3) is 0 Å². The molecule has 0 spiro atoms. The van der Waals surface area contributed by atoms with Gasteiger partial charge >= 0.3 is 11.6 Å². The zero-order valence-electron chi connectivity index (χ0n) is 10.7. The van der Waals surface area contributed by atoms with Crippen molar-refractivity contribution in [2.75, 3.05) is 0 Å². The van der Waals surface area contributed by atoms with E-state index in [-0.39, 0.29) is 12.4 Å². The first kappa shape index (κ1) is 13.0. The van der Waals surface area contributed by atoms with Crippen molar-refractivity contribution in [1.82, 2.24) is 0 Å². The minimum Gasteiger partial charge on any atom is -0.486 e. The highest BCUT2D eigenvalue weighted by Gasteiger charge is 2.09. The van der Waals surface area contributed by atoms with E-state index in [1.54, 1.807) is 24.3 Å². The number of aromatic carboxylic acids is 1. The van der Waals surface area contributed by atoms with Gasteiger partial charge in [0.1, 0.15) is 23.7 Å². The lowest BCUT2D eigenvalue weighted by molar-refractivity contribution is 0.0658. The van der Waals surface area contributed by atoms with Gasteiger partial charge in [-0.15, -0.1) is 0 Å². The van der Waals surface area contributed by atoms with Crippen LogP contribution in [0.5, 0.6) is 5.75 Å². The molecule has 3 rings (SSSR count). The summed E-state index contributed by atoms with van der Waals surface area (Å²) in [7, 11) is 0. The van der Waals surface area contributed by atoms with Crippen LogP contribution in [0.25, 0.3) is 11.0 Å². The first-order chi connectivity index (χ1) is 10.1. The van der Waals surface area contributed by atoms with Gasteiger partial charge in [0.05, 0.1) is 0 Å². The van der Waals surface area contributed by atoms with Gasteiger partial charge in [-0.1, -0.05) is 0 Å². The fourth-order valence-corrected chi connectivity index (χ4v) is 1.86. The molecule has 0 radical (unpaired) electrons. The van der Waals surface area contributed by atoms with Gasteiger partial charge in [0, 0.05) is 17.5 Å². The summed E-state index contributed by atoms with van der Waals surface area (Å²) >= 11 is 0. The van der Waals surface area contributed by atoms with Crippen LogP contribution in [0.15, 0.2) is 56.1 Å². The van der Waals surface area contributed by atoms with Gasteiger partial charge in [-0.2, -0.15) is 0 Å². The van der Waals surface area contributed by atoms with Crippen molar-refractivity contribution in [3.05, 3.63) is 64.4 Å². The minimum absolute atomic E-state index is 0.0792. The summed E-state index contributed by atoms with van der Waals surface area (Å²) in [5.74, 6) is -0.390. The summed E-state index contributed by atoms with van der Waals surface area (Å²) in [5.41, 5.74) is -0.0116. The van der Waals surface area contributed by atoms with Crippen LogP contribution in [0.3, 0.4) is 0 Å². The molecule has 3 aromatic rings. The molecule has 1 N–H and O–H groups in total. The second kappa shape index (κ2) is 5.16. The Kier molecular flexibility index (Phi) is 3.19. The number of rotatable bonds is 4. The minimum atomic E-state index is -1.13.